The summed E-state index contributed by atoms with van der Waals surface area (Å²) in [7, 11) is 0. The van der Waals surface area contributed by atoms with Crippen LogP contribution in [0.3, 0.4) is 0 Å². The summed E-state index contributed by atoms with van der Waals surface area (Å²) >= 11 is 0. The van der Waals surface area contributed by atoms with Crippen LogP contribution in [-0.4, -0.2) is 66.1 Å². The molecule has 2 fully saturated rings. The van der Waals surface area contributed by atoms with Gasteiger partial charge in [-0.25, -0.2) is 4.79 Å². The summed E-state index contributed by atoms with van der Waals surface area (Å²) in [6, 6.07) is 5.15. The fourth-order valence-corrected chi connectivity index (χ4v) is 5.88. The lowest BCUT2D eigenvalue weighted by Gasteiger charge is -2.47. The third-order valence-electron chi connectivity index (χ3n) is 7.98. The molecule has 3 amide bonds. The molecule has 10 nitrogen and oxygen atoms in total. The average molecular weight is 512 g/mol. The van der Waals surface area contributed by atoms with Gasteiger partial charge >= 0.3 is 5.63 Å². The minimum absolute atomic E-state index is 0.0911. The Kier molecular flexibility index (Phi) is 7.19. The van der Waals surface area contributed by atoms with Crippen molar-refractivity contribution in [3.8, 4) is 5.75 Å². The number of likely N-dealkylation sites (tertiary alicyclic amines) is 1. The average Bonchev–Trinajstić information content (AvgIpc) is 3.40. The van der Waals surface area contributed by atoms with E-state index in [1.807, 2.05) is 6.07 Å². The molecule has 0 spiro atoms. The first-order chi connectivity index (χ1) is 17.8. The third-order valence-corrected chi connectivity index (χ3v) is 7.98. The molecule has 1 saturated heterocycles. The lowest BCUT2D eigenvalue weighted by molar-refractivity contribution is -0.143. The Labute approximate surface area is 214 Å². The van der Waals surface area contributed by atoms with Crippen LogP contribution in [-0.2, 0) is 27.2 Å². The number of nitrogens with one attached hydrogen (secondary N) is 2. The summed E-state index contributed by atoms with van der Waals surface area (Å²) in [5, 5.41) is 16.7. The molecule has 2 aliphatic carbocycles. The minimum atomic E-state index is -0.661. The molecule has 198 valence electrons. The van der Waals surface area contributed by atoms with E-state index in [0.29, 0.717) is 30.8 Å². The van der Waals surface area contributed by atoms with Gasteiger partial charge in [0.25, 0.3) is 5.91 Å². The zero-order valence-corrected chi connectivity index (χ0v) is 20.8. The van der Waals surface area contributed by atoms with E-state index in [1.54, 1.807) is 17.0 Å². The van der Waals surface area contributed by atoms with Crippen LogP contribution in [0.2, 0.25) is 0 Å². The van der Waals surface area contributed by atoms with E-state index >= 15 is 0 Å². The van der Waals surface area contributed by atoms with Crippen LogP contribution in [0.15, 0.2) is 27.4 Å². The highest BCUT2D eigenvalue weighted by atomic mass is 16.5. The van der Waals surface area contributed by atoms with Crippen molar-refractivity contribution < 1.29 is 28.6 Å². The van der Waals surface area contributed by atoms with Gasteiger partial charge in [0.1, 0.15) is 11.3 Å². The lowest BCUT2D eigenvalue weighted by Crippen LogP contribution is -2.56. The van der Waals surface area contributed by atoms with Crippen molar-refractivity contribution >= 4 is 28.7 Å². The Bertz CT molecular complexity index is 1270. The molecular formula is C27H33N3O7. The molecule has 5 rings (SSSR count). The number of rotatable bonds is 7. The van der Waals surface area contributed by atoms with Crippen LogP contribution in [0.5, 0.6) is 5.75 Å². The summed E-state index contributed by atoms with van der Waals surface area (Å²) in [6.07, 6.45) is 6.87. The number of carbonyl (C=O) groups is 3. The first-order valence-corrected chi connectivity index (χ1v) is 13.1. The maximum Gasteiger partial charge on any atom is 0.339 e. The van der Waals surface area contributed by atoms with Crippen molar-refractivity contribution in [3.05, 3.63) is 39.7 Å². The van der Waals surface area contributed by atoms with Gasteiger partial charge in [0.15, 0.2) is 6.61 Å². The predicted molar refractivity (Wildman–Crippen MR) is 134 cm³/mol. The quantitative estimate of drug-likeness (QED) is 0.472. The Morgan fingerprint density at radius 2 is 1.86 bits per heavy atom. The maximum atomic E-state index is 12.6. The molecule has 0 radical (unpaired) electrons. The second-order valence-corrected chi connectivity index (χ2v) is 10.3. The number of hydrogen-bond donors (Lipinski definition) is 3. The SMILES string of the molecule is O=C(CNC(=O)COc1ccc2c3c(c(=O)oc2c1)CCC3)NCC(=O)N1CCC2(O)CCCCC2C1. The number of carbonyl (C=O) groups excluding carboxylic acids is 3. The number of ether oxygens (including phenoxy) is 1. The van der Waals surface area contributed by atoms with Gasteiger partial charge in [0.2, 0.25) is 11.8 Å². The number of fused-ring (bicyclic) bond motifs is 4. The van der Waals surface area contributed by atoms with Crippen molar-refractivity contribution in [3.63, 3.8) is 0 Å². The van der Waals surface area contributed by atoms with Crippen LogP contribution in [0.25, 0.3) is 11.0 Å². The van der Waals surface area contributed by atoms with Gasteiger partial charge in [0.05, 0.1) is 18.7 Å². The highest BCUT2D eigenvalue weighted by Crippen LogP contribution is 2.39. The number of amides is 3. The van der Waals surface area contributed by atoms with Gasteiger partial charge in [-0.15, -0.1) is 0 Å². The molecule has 1 aromatic heterocycles. The van der Waals surface area contributed by atoms with Gasteiger partial charge in [-0.1, -0.05) is 12.8 Å². The maximum absolute atomic E-state index is 12.6. The molecule has 3 aliphatic rings. The molecule has 2 atom stereocenters. The minimum Gasteiger partial charge on any atom is -0.484 e. The smallest absolute Gasteiger partial charge is 0.339 e. The highest BCUT2D eigenvalue weighted by Gasteiger charge is 2.43. The zero-order chi connectivity index (χ0) is 26.0. The predicted octanol–water partition coefficient (Wildman–Crippen LogP) is 1.05. The number of hydrogen-bond acceptors (Lipinski definition) is 7. The molecular weight excluding hydrogens is 478 g/mol. The van der Waals surface area contributed by atoms with E-state index in [1.165, 1.54) is 0 Å². The largest absolute Gasteiger partial charge is 0.484 e. The summed E-state index contributed by atoms with van der Waals surface area (Å²) < 4.78 is 10.9. The fraction of sp³-hybridized carbons (Fsp3) is 0.556. The number of aryl methyl sites for hydroxylation is 1. The van der Waals surface area contributed by atoms with Gasteiger partial charge in [0, 0.05) is 36.0 Å². The first kappa shape index (κ1) is 25.3. The van der Waals surface area contributed by atoms with Gasteiger partial charge < -0.3 is 29.8 Å². The zero-order valence-electron chi connectivity index (χ0n) is 20.8. The molecule has 2 unspecified atom stereocenters. The fourth-order valence-electron chi connectivity index (χ4n) is 5.88. The van der Waals surface area contributed by atoms with Gasteiger partial charge in [-0.3, -0.25) is 14.4 Å². The molecule has 3 N–H and O–H groups in total. The van der Waals surface area contributed by atoms with E-state index in [0.717, 1.165) is 61.5 Å². The van der Waals surface area contributed by atoms with E-state index in [9.17, 15) is 24.3 Å². The van der Waals surface area contributed by atoms with E-state index in [-0.39, 0.29) is 37.1 Å². The van der Waals surface area contributed by atoms with Crippen LogP contribution in [0, 0.1) is 5.92 Å². The molecule has 0 bridgehead atoms. The normalized spacial score (nSPS) is 22.7. The van der Waals surface area contributed by atoms with Crippen molar-refractivity contribution in [1.82, 2.24) is 15.5 Å². The standard InChI is InChI=1S/C27H33N3O7/c31-23(29-14-25(33)30-11-10-27(35)9-2-1-4-17(27)15-30)13-28-24(32)16-36-18-7-8-20-19-5-3-6-21(19)26(34)37-22(20)12-18/h7-8,12,17,35H,1-6,9-11,13-16H2,(H,28,32)(H,29,31). The Hall–Kier alpha value is -3.40. The summed E-state index contributed by atoms with van der Waals surface area (Å²) in [5.74, 6) is -0.693. The van der Waals surface area contributed by atoms with Crippen LogP contribution >= 0.6 is 0 Å². The summed E-state index contributed by atoms with van der Waals surface area (Å²) in [5.41, 5.74) is 1.21. The van der Waals surface area contributed by atoms with Gasteiger partial charge in [-0.05, 0) is 56.2 Å². The van der Waals surface area contributed by atoms with Crippen LogP contribution in [0.4, 0.5) is 0 Å². The Morgan fingerprint density at radius 1 is 1.05 bits per heavy atom. The molecule has 10 heteroatoms. The van der Waals surface area contributed by atoms with Gasteiger partial charge in [-0.2, -0.15) is 0 Å². The number of piperidine rings is 1. The Balaban J connectivity index is 1.04. The number of benzene rings is 1. The van der Waals surface area contributed by atoms with E-state index in [2.05, 4.69) is 10.6 Å². The molecule has 2 aromatic rings. The van der Waals surface area contributed by atoms with Crippen LogP contribution in [0.1, 0.15) is 49.7 Å². The first-order valence-electron chi connectivity index (χ1n) is 13.1. The van der Waals surface area contributed by atoms with Crippen molar-refractivity contribution in [2.24, 2.45) is 5.92 Å². The van der Waals surface area contributed by atoms with Crippen molar-refractivity contribution in [2.75, 3.05) is 32.8 Å². The lowest BCUT2D eigenvalue weighted by atomic mass is 9.71. The summed E-state index contributed by atoms with van der Waals surface area (Å²) in [4.78, 5) is 50.7. The summed E-state index contributed by atoms with van der Waals surface area (Å²) in [6.45, 7) is 0.250. The van der Waals surface area contributed by atoms with Crippen molar-refractivity contribution in [1.29, 1.82) is 0 Å². The van der Waals surface area contributed by atoms with E-state index < -0.39 is 17.4 Å². The van der Waals surface area contributed by atoms with Crippen LogP contribution < -0.4 is 21.0 Å². The molecule has 1 saturated carbocycles. The third kappa shape index (κ3) is 5.49. The van der Waals surface area contributed by atoms with E-state index in [4.69, 9.17) is 9.15 Å². The molecule has 2 heterocycles. The number of nitrogens with zero attached hydrogens (tertiary/aromatic N) is 1. The molecule has 37 heavy (non-hydrogen) atoms. The second kappa shape index (κ2) is 10.5. The Morgan fingerprint density at radius 3 is 2.73 bits per heavy atom. The van der Waals surface area contributed by atoms with Crippen molar-refractivity contribution in [2.45, 2.75) is 57.0 Å². The number of aliphatic hydroxyl groups is 1. The topological polar surface area (TPSA) is 138 Å². The molecule has 1 aliphatic heterocycles. The monoisotopic (exact) mass is 511 g/mol. The second-order valence-electron chi connectivity index (χ2n) is 10.3. The highest BCUT2D eigenvalue weighted by molar-refractivity contribution is 5.88. The molecule has 1 aromatic carbocycles.